The van der Waals surface area contributed by atoms with Gasteiger partial charge in [-0.2, -0.15) is 0 Å². The average molecular weight is 310 g/mol. The van der Waals surface area contributed by atoms with Gasteiger partial charge in [0.1, 0.15) is 0 Å². The number of amides is 1. The third kappa shape index (κ3) is 4.87. The van der Waals surface area contributed by atoms with Gasteiger partial charge >= 0.3 is 0 Å². The van der Waals surface area contributed by atoms with Gasteiger partial charge in [-0.25, -0.2) is 0 Å². The van der Waals surface area contributed by atoms with Crippen molar-refractivity contribution in [1.82, 2.24) is 4.90 Å². The van der Waals surface area contributed by atoms with E-state index in [1.165, 1.54) is 11.8 Å². The van der Waals surface area contributed by atoms with Crippen LogP contribution >= 0.6 is 11.8 Å². The molecular formula is C18H18N2OS. The highest BCUT2D eigenvalue weighted by molar-refractivity contribution is 8.13. The summed E-state index contributed by atoms with van der Waals surface area (Å²) in [6.07, 6.45) is 0. The molecule has 0 aliphatic heterocycles. The summed E-state index contributed by atoms with van der Waals surface area (Å²) in [6, 6.07) is 17.6. The molecule has 1 amide bonds. The van der Waals surface area contributed by atoms with Gasteiger partial charge < -0.3 is 10.2 Å². The number of nitrogens with one attached hydrogen (secondary N) is 1. The third-order valence-electron chi connectivity index (χ3n) is 2.82. The van der Waals surface area contributed by atoms with E-state index in [0.717, 1.165) is 16.1 Å². The van der Waals surface area contributed by atoms with E-state index in [1.54, 1.807) is 19.0 Å². The fourth-order valence-corrected chi connectivity index (χ4v) is 2.46. The Morgan fingerprint density at radius 3 is 2.50 bits per heavy atom. The first-order valence-electron chi connectivity index (χ1n) is 6.93. The Morgan fingerprint density at radius 1 is 1.09 bits per heavy atom. The van der Waals surface area contributed by atoms with Crippen LogP contribution in [0.2, 0.25) is 0 Å². The predicted molar refractivity (Wildman–Crippen MR) is 93.2 cm³/mol. The van der Waals surface area contributed by atoms with Gasteiger partial charge in [0.15, 0.2) is 0 Å². The summed E-state index contributed by atoms with van der Waals surface area (Å²) in [5, 5.41) is 3.27. The van der Waals surface area contributed by atoms with E-state index in [2.05, 4.69) is 17.2 Å². The lowest BCUT2D eigenvalue weighted by atomic mass is 10.2. The lowest BCUT2D eigenvalue weighted by Crippen LogP contribution is -2.16. The molecule has 2 aromatic carbocycles. The molecule has 112 valence electrons. The first-order valence-corrected chi connectivity index (χ1v) is 7.74. The van der Waals surface area contributed by atoms with Crippen LogP contribution < -0.4 is 5.32 Å². The van der Waals surface area contributed by atoms with Crippen LogP contribution in [0.1, 0.15) is 5.56 Å². The molecular weight excluding hydrogens is 292 g/mol. The van der Waals surface area contributed by atoms with Crippen LogP contribution in [-0.4, -0.2) is 30.8 Å². The number of thioether (sulfide) groups is 1. The number of nitrogens with zero attached hydrogens (tertiary/aromatic N) is 1. The van der Waals surface area contributed by atoms with E-state index in [4.69, 9.17) is 0 Å². The molecule has 0 fully saturated rings. The number of benzene rings is 2. The number of carbonyl (C=O) groups excluding carboxylic acids is 1. The zero-order valence-corrected chi connectivity index (χ0v) is 13.5. The van der Waals surface area contributed by atoms with E-state index in [9.17, 15) is 4.79 Å². The summed E-state index contributed by atoms with van der Waals surface area (Å²) in [7, 11) is 3.49. The van der Waals surface area contributed by atoms with Crippen LogP contribution in [0.5, 0.6) is 0 Å². The number of hydrogen-bond donors (Lipinski definition) is 1. The molecule has 0 saturated carbocycles. The second kappa shape index (κ2) is 8.16. The highest BCUT2D eigenvalue weighted by Crippen LogP contribution is 2.28. The van der Waals surface area contributed by atoms with Gasteiger partial charge in [0.25, 0.3) is 5.24 Å². The Bertz CT molecular complexity index is 687. The largest absolute Gasteiger partial charge is 0.373 e. The molecule has 0 spiro atoms. The summed E-state index contributed by atoms with van der Waals surface area (Å²) in [4.78, 5) is 14.3. The lowest BCUT2D eigenvalue weighted by Gasteiger charge is -2.12. The molecule has 0 aliphatic rings. The highest BCUT2D eigenvalue weighted by Gasteiger charge is 2.09. The van der Waals surface area contributed by atoms with Gasteiger partial charge in [0.2, 0.25) is 0 Å². The monoisotopic (exact) mass is 310 g/mol. The van der Waals surface area contributed by atoms with Crippen molar-refractivity contribution in [2.75, 3.05) is 26.0 Å². The Labute approximate surface area is 135 Å². The van der Waals surface area contributed by atoms with Crippen LogP contribution in [0.25, 0.3) is 0 Å². The zero-order valence-electron chi connectivity index (χ0n) is 12.7. The number of hydrogen-bond acceptors (Lipinski definition) is 3. The summed E-state index contributed by atoms with van der Waals surface area (Å²) in [5.74, 6) is 6.19. The predicted octanol–water partition coefficient (Wildman–Crippen LogP) is 3.92. The first kappa shape index (κ1) is 16.0. The second-order valence-corrected chi connectivity index (χ2v) is 5.77. The molecule has 0 unspecified atom stereocenters. The minimum Gasteiger partial charge on any atom is -0.373 e. The molecule has 3 nitrogen and oxygen atoms in total. The van der Waals surface area contributed by atoms with Crippen molar-refractivity contribution in [2.24, 2.45) is 0 Å². The summed E-state index contributed by atoms with van der Waals surface area (Å²) >= 11 is 1.21. The summed E-state index contributed by atoms with van der Waals surface area (Å²) in [5.41, 5.74) is 1.92. The maximum absolute atomic E-state index is 11.8. The Hall–Kier alpha value is -2.38. The van der Waals surface area contributed by atoms with Crippen LogP contribution in [0.3, 0.4) is 0 Å². The van der Waals surface area contributed by atoms with Crippen molar-refractivity contribution in [3.8, 4) is 11.8 Å². The molecule has 0 saturated heterocycles. The van der Waals surface area contributed by atoms with E-state index in [-0.39, 0.29) is 5.24 Å². The fourth-order valence-electron chi connectivity index (χ4n) is 1.69. The molecule has 0 radical (unpaired) electrons. The number of carbonyl (C=O) groups is 1. The molecule has 2 aromatic rings. The fraction of sp³-hybridized carbons (Fsp3) is 0.167. The van der Waals surface area contributed by atoms with Gasteiger partial charge in [-0.3, -0.25) is 4.79 Å². The molecule has 22 heavy (non-hydrogen) atoms. The molecule has 1 N–H and O–H groups in total. The number of para-hydroxylation sites is 1. The van der Waals surface area contributed by atoms with E-state index in [0.29, 0.717) is 6.54 Å². The molecule has 0 heterocycles. The maximum atomic E-state index is 11.8. The van der Waals surface area contributed by atoms with Crippen molar-refractivity contribution in [2.45, 2.75) is 4.90 Å². The minimum absolute atomic E-state index is 0.00428. The Balaban J connectivity index is 1.99. The van der Waals surface area contributed by atoms with Gasteiger partial charge in [-0.15, -0.1) is 0 Å². The van der Waals surface area contributed by atoms with Crippen molar-refractivity contribution >= 4 is 22.7 Å². The van der Waals surface area contributed by atoms with Crippen LogP contribution in [-0.2, 0) is 0 Å². The molecule has 0 aliphatic carbocycles. The highest BCUT2D eigenvalue weighted by atomic mass is 32.2. The van der Waals surface area contributed by atoms with E-state index < -0.39 is 0 Å². The van der Waals surface area contributed by atoms with Crippen molar-refractivity contribution < 1.29 is 4.79 Å². The normalized spacial score (nSPS) is 9.55. The Kier molecular flexibility index (Phi) is 5.93. The molecule has 0 bridgehead atoms. The molecule has 4 heteroatoms. The van der Waals surface area contributed by atoms with Crippen LogP contribution in [0, 0.1) is 11.8 Å². The van der Waals surface area contributed by atoms with Gasteiger partial charge in [0.05, 0.1) is 6.54 Å². The molecule has 2 rings (SSSR count). The molecule has 0 atom stereocenters. The van der Waals surface area contributed by atoms with Crippen LogP contribution in [0.15, 0.2) is 59.5 Å². The summed E-state index contributed by atoms with van der Waals surface area (Å²) in [6.45, 7) is 0.530. The van der Waals surface area contributed by atoms with Crippen LogP contribution in [0.4, 0.5) is 10.5 Å². The smallest absolute Gasteiger partial charge is 0.286 e. The summed E-state index contributed by atoms with van der Waals surface area (Å²) < 4.78 is 0. The average Bonchev–Trinajstić information content (AvgIpc) is 2.54. The van der Waals surface area contributed by atoms with Crippen molar-refractivity contribution in [1.29, 1.82) is 0 Å². The minimum atomic E-state index is 0.00428. The molecule has 0 aromatic heterocycles. The standard InChI is InChI=1S/C18H18N2OS/c1-20(2)18(21)22-17-13-7-6-12-16(17)19-14-8-11-15-9-4-3-5-10-15/h3-7,9-10,12-13,19H,14H2,1-2H3. The van der Waals surface area contributed by atoms with Gasteiger partial charge in [-0.05, 0) is 36.0 Å². The lowest BCUT2D eigenvalue weighted by molar-refractivity contribution is 0.241. The maximum Gasteiger partial charge on any atom is 0.286 e. The topological polar surface area (TPSA) is 32.3 Å². The Morgan fingerprint density at radius 2 is 1.77 bits per heavy atom. The van der Waals surface area contributed by atoms with Crippen molar-refractivity contribution in [3.63, 3.8) is 0 Å². The van der Waals surface area contributed by atoms with Crippen molar-refractivity contribution in [3.05, 3.63) is 60.2 Å². The van der Waals surface area contributed by atoms with E-state index in [1.807, 2.05) is 54.6 Å². The van der Waals surface area contributed by atoms with E-state index >= 15 is 0 Å². The number of anilines is 1. The third-order valence-corrected chi connectivity index (χ3v) is 3.94. The first-order chi connectivity index (χ1) is 10.7. The van der Waals surface area contributed by atoms with Gasteiger partial charge in [-0.1, -0.05) is 42.2 Å². The quantitative estimate of drug-likeness (QED) is 0.689. The second-order valence-electron chi connectivity index (χ2n) is 4.78. The van der Waals surface area contributed by atoms with Gasteiger partial charge in [0, 0.05) is 30.2 Å². The zero-order chi connectivity index (χ0) is 15.8. The number of rotatable bonds is 3. The SMILES string of the molecule is CN(C)C(=O)Sc1ccccc1NCC#Cc1ccccc1.